The number of hydrogen-bond acceptors (Lipinski definition) is 5. The Bertz CT molecular complexity index is 1050. The third-order valence-corrected chi connectivity index (χ3v) is 5.06. The number of Topliss-reactive ketones (excluding diaryl/α,β-unsaturated/α-hetero) is 1. The van der Waals surface area contributed by atoms with Gasteiger partial charge in [0.25, 0.3) is 0 Å². The van der Waals surface area contributed by atoms with Gasteiger partial charge in [-0.15, -0.1) is 0 Å². The van der Waals surface area contributed by atoms with Gasteiger partial charge in [0.2, 0.25) is 5.95 Å². The summed E-state index contributed by atoms with van der Waals surface area (Å²) >= 11 is 0. The van der Waals surface area contributed by atoms with Crippen molar-refractivity contribution in [3.63, 3.8) is 0 Å². The number of carbonyl (C=O) groups excluding carboxylic acids is 1. The molecule has 4 rings (SSSR count). The van der Waals surface area contributed by atoms with E-state index in [-0.39, 0.29) is 11.2 Å². The summed E-state index contributed by atoms with van der Waals surface area (Å²) in [6, 6.07) is 16.1. The molecule has 0 fully saturated rings. The van der Waals surface area contributed by atoms with Crippen molar-refractivity contribution in [3.8, 4) is 0 Å². The summed E-state index contributed by atoms with van der Waals surface area (Å²) in [4.78, 5) is 22.4. The first-order chi connectivity index (χ1) is 13.8. The highest BCUT2D eigenvalue weighted by atomic mass is 16.1. The average molecular weight is 386 g/mol. The lowest BCUT2D eigenvalue weighted by Gasteiger charge is -2.30. The van der Waals surface area contributed by atoms with Crippen LogP contribution in [-0.2, 0) is 6.42 Å². The molecule has 5 heteroatoms. The first-order valence-corrected chi connectivity index (χ1v) is 9.91. The first-order valence-electron chi connectivity index (χ1n) is 9.91. The second-order valence-corrected chi connectivity index (χ2v) is 8.65. The van der Waals surface area contributed by atoms with Crippen molar-refractivity contribution in [2.75, 3.05) is 10.6 Å². The second kappa shape index (κ2) is 7.32. The maximum absolute atomic E-state index is 13.0. The normalized spacial score (nSPS) is 15.0. The fourth-order valence-electron chi connectivity index (χ4n) is 3.95. The number of rotatable bonds is 4. The molecule has 1 aliphatic rings. The van der Waals surface area contributed by atoms with Crippen LogP contribution in [0.5, 0.6) is 0 Å². The number of nitrogens with one attached hydrogen (secondary N) is 2. The van der Waals surface area contributed by atoms with Gasteiger partial charge < -0.3 is 10.6 Å². The average Bonchev–Trinajstić information content (AvgIpc) is 2.60. The molecular weight excluding hydrogens is 360 g/mol. The van der Waals surface area contributed by atoms with E-state index in [1.165, 1.54) is 0 Å². The van der Waals surface area contributed by atoms with Gasteiger partial charge in [-0.3, -0.25) is 4.79 Å². The molecule has 0 bridgehead atoms. The number of fused-ring (bicyclic) bond motifs is 1. The van der Waals surface area contributed by atoms with Crippen molar-refractivity contribution in [2.24, 2.45) is 5.41 Å². The van der Waals surface area contributed by atoms with Crippen molar-refractivity contribution in [3.05, 3.63) is 70.9 Å². The number of aromatic nitrogens is 2. The lowest BCUT2D eigenvalue weighted by atomic mass is 9.75. The molecule has 0 unspecified atom stereocenters. The zero-order valence-corrected chi connectivity index (χ0v) is 17.3. The summed E-state index contributed by atoms with van der Waals surface area (Å²) in [5, 5.41) is 6.66. The SMILES string of the molecule is Cc1cc(C)cc(Nc2nc(Nc3ccccc3)nc3c2C(=O)CC(C)(C)C3)c1. The molecular formula is C24H26N4O. The van der Waals surface area contributed by atoms with Crippen LogP contribution < -0.4 is 10.6 Å². The predicted molar refractivity (Wildman–Crippen MR) is 117 cm³/mol. The van der Waals surface area contributed by atoms with Crippen molar-refractivity contribution in [2.45, 2.75) is 40.5 Å². The highest BCUT2D eigenvalue weighted by Crippen LogP contribution is 2.38. The molecule has 5 nitrogen and oxygen atoms in total. The maximum atomic E-state index is 13.0. The Labute approximate surface area is 171 Å². The summed E-state index contributed by atoms with van der Waals surface area (Å²) in [7, 11) is 0. The largest absolute Gasteiger partial charge is 0.339 e. The van der Waals surface area contributed by atoms with Gasteiger partial charge in [-0.05, 0) is 61.1 Å². The van der Waals surface area contributed by atoms with E-state index < -0.39 is 0 Å². The Morgan fingerprint density at radius 2 is 1.55 bits per heavy atom. The first kappa shape index (κ1) is 19.1. The van der Waals surface area contributed by atoms with E-state index in [1.54, 1.807) is 0 Å². The van der Waals surface area contributed by atoms with Crippen LogP contribution in [0, 0.1) is 19.3 Å². The van der Waals surface area contributed by atoms with E-state index in [0.29, 0.717) is 23.8 Å². The Hall–Kier alpha value is -3.21. The van der Waals surface area contributed by atoms with Crippen molar-refractivity contribution in [1.29, 1.82) is 0 Å². The highest BCUT2D eigenvalue weighted by Gasteiger charge is 2.35. The molecule has 2 aromatic carbocycles. The number of carbonyl (C=O) groups is 1. The third-order valence-electron chi connectivity index (χ3n) is 5.06. The molecule has 0 saturated heterocycles. The fraction of sp³-hybridized carbons (Fsp3) is 0.292. The second-order valence-electron chi connectivity index (χ2n) is 8.65. The number of benzene rings is 2. The van der Waals surface area contributed by atoms with Crippen molar-refractivity contribution in [1.82, 2.24) is 9.97 Å². The summed E-state index contributed by atoms with van der Waals surface area (Å²) < 4.78 is 0. The predicted octanol–water partition coefficient (Wildman–Crippen LogP) is 5.74. The molecule has 1 aromatic heterocycles. The number of para-hydroxylation sites is 1. The Kier molecular flexibility index (Phi) is 4.82. The minimum atomic E-state index is -0.111. The summed E-state index contributed by atoms with van der Waals surface area (Å²) in [6.07, 6.45) is 1.23. The van der Waals surface area contributed by atoms with Crippen molar-refractivity contribution < 1.29 is 4.79 Å². The molecule has 148 valence electrons. The number of anilines is 4. The topological polar surface area (TPSA) is 66.9 Å². The number of aryl methyl sites for hydroxylation is 2. The van der Waals surface area contributed by atoms with Crippen LogP contribution in [0.2, 0.25) is 0 Å². The Balaban J connectivity index is 1.79. The fourth-order valence-corrected chi connectivity index (χ4v) is 3.95. The third kappa shape index (κ3) is 4.29. The van der Waals surface area contributed by atoms with Gasteiger partial charge in [0.15, 0.2) is 5.78 Å². The lowest BCUT2D eigenvalue weighted by Crippen LogP contribution is -2.29. The van der Waals surface area contributed by atoms with Crippen LogP contribution in [0.1, 0.15) is 47.4 Å². The van der Waals surface area contributed by atoms with Crippen LogP contribution in [0.3, 0.4) is 0 Å². The van der Waals surface area contributed by atoms with Crippen LogP contribution in [0.4, 0.5) is 23.1 Å². The van der Waals surface area contributed by atoms with Gasteiger partial charge in [0.05, 0.1) is 11.3 Å². The summed E-state index contributed by atoms with van der Waals surface area (Å²) in [6.45, 7) is 8.34. The molecule has 1 heterocycles. The van der Waals surface area contributed by atoms with Gasteiger partial charge in [-0.2, -0.15) is 4.98 Å². The molecule has 0 saturated carbocycles. The molecule has 0 radical (unpaired) electrons. The maximum Gasteiger partial charge on any atom is 0.229 e. The Morgan fingerprint density at radius 1 is 0.862 bits per heavy atom. The molecule has 1 aliphatic carbocycles. The Morgan fingerprint density at radius 3 is 2.24 bits per heavy atom. The van der Waals surface area contributed by atoms with E-state index in [2.05, 4.69) is 61.5 Å². The van der Waals surface area contributed by atoms with Crippen LogP contribution >= 0.6 is 0 Å². The summed E-state index contributed by atoms with van der Waals surface area (Å²) in [5.41, 5.74) is 5.45. The van der Waals surface area contributed by atoms with Gasteiger partial charge >= 0.3 is 0 Å². The zero-order chi connectivity index (χ0) is 20.6. The quantitative estimate of drug-likeness (QED) is 0.599. The van der Waals surface area contributed by atoms with E-state index in [0.717, 1.165) is 34.6 Å². The van der Waals surface area contributed by atoms with E-state index in [4.69, 9.17) is 4.98 Å². The minimum absolute atomic E-state index is 0.0920. The van der Waals surface area contributed by atoms with Crippen LogP contribution in [0.25, 0.3) is 0 Å². The van der Waals surface area contributed by atoms with Gasteiger partial charge in [0, 0.05) is 17.8 Å². The molecule has 2 N–H and O–H groups in total. The number of ketones is 1. The van der Waals surface area contributed by atoms with Crippen molar-refractivity contribution >= 4 is 28.9 Å². The highest BCUT2D eigenvalue weighted by molar-refractivity contribution is 6.03. The monoisotopic (exact) mass is 386 g/mol. The lowest BCUT2D eigenvalue weighted by molar-refractivity contribution is 0.0911. The van der Waals surface area contributed by atoms with Gasteiger partial charge in [0.1, 0.15) is 5.82 Å². The number of hydrogen-bond donors (Lipinski definition) is 2. The number of nitrogens with zero attached hydrogens (tertiary/aromatic N) is 2. The van der Waals surface area contributed by atoms with E-state index in [9.17, 15) is 4.79 Å². The minimum Gasteiger partial charge on any atom is -0.339 e. The molecule has 29 heavy (non-hydrogen) atoms. The molecule has 3 aromatic rings. The van der Waals surface area contributed by atoms with Crippen LogP contribution in [-0.4, -0.2) is 15.8 Å². The smallest absolute Gasteiger partial charge is 0.229 e. The van der Waals surface area contributed by atoms with E-state index in [1.807, 2.05) is 30.3 Å². The molecule has 0 aliphatic heterocycles. The molecule has 0 spiro atoms. The van der Waals surface area contributed by atoms with E-state index >= 15 is 0 Å². The molecule has 0 atom stereocenters. The van der Waals surface area contributed by atoms with Gasteiger partial charge in [-0.1, -0.05) is 38.1 Å². The van der Waals surface area contributed by atoms with Gasteiger partial charge in [-0.25, -0.2) is 4.98 Å². The standard InChI is InChI=1S/C24H26N4O/c1-15-10-16(2)12-18(11-15)25-22-21-19(13-24(3,4)14-20(21)29)27-23(28-22)26-17-8-6-5-7-9-17/h5-12H,13-14H2,1-4H3,(H2,25,26,27,28). The summed E-state index contributed by atoms with van der Waals surface area (Å²) in [5.74, 6) is 1.15. The molecule has 0 amide bonds. The van der Waals surface area contributed by atoms with Crippen LogP contribution in [0.15, 0.2) is 48.5 Å². The zero-order valence-electron chi connectivity index (χ0n) is 17.3.